The van der Waals surface area contributed by atoms with Crippen LogP contribution in [-0.4, -0.2) is 32.3 Å². The fourth-order valence-corrected chi connectivity index (χ4v) is 2.71. The van der Waals surface area contributed by atoms with Crippen LogP contribution >= 0.6 is 11.6 Å². The van der Waals surface area contributed by atoms with E-state index in [4.69, 9.17) is 21.1 Å². The predicted octanol–water partition coefficient (Wildman–Crippen LogP) is 6.35. The minimum atomic E-state index is 0.568. The summed E-state index contributed by atoms with van der Waals surface area (Å²) >= 11 is 5.51. The fourth-order valence-electron chi connectivity index (χ4n) is 2.60. The van der Waals surface area contributed by atoms with Crippen LogP contribution in [0.3, 0.4) is 0 Å². The van der Waals surface area contributed by atoms with Gasteiger partial charge in [0.05, 0.1) is 19.8 Å². The van der Waals surface area contributed by atoms with Crippen molar-refractivity contribution < 1.29 is 9.47 Å². The Bertz CT molecular complexity index is 168. The summed E-state index contributed by atoms with van der Waals surface area (Å²) < 4.78 is 10.8. The number of unbranched alkanes of at least 4 members (excludes halogenated alkanes) is 12. The third kappa shape index (κ3) is 20.2. The monoisotopic (exact) mass is 334 g/mol. The number of hydrogen-bond donors (Lipinski definition) is 0. The lowest BCUT2D eigenvalue weighted by Crippen LogP contribution is -2.06. The van der Waals surface area contributed by atoms with Gasteiger partial charge in [0.25, 0.3) is 0 Å². The molecule has 134 valence electrons. The van der Waals surface area contributed by atoms with Gasteiger partial charge < -0.3 is 9.47 Å². The van der Waals surface area contributed by atoms with Crippen molar-refractivity contribution in [3.8, 4) is 0 Å². The normalized spacial score (nSPS) is 11.2. The van der Waals surface area contributed by atoms with E-state index in [-0.39, 0.29) is 0 Å². The van der Waals surface area contributed by atoms with Gasteiger partial charge in [-0.3, -0.25) is 0 Å². The van der Waals surface area contributed by atoms with E-state index in [9.17, 15) is 0 Å². The lowest BCUT2D eigenvalue weighted by atomic mass is 10.0. The third-order valence-corrected chi connectivity index (χ3v) is 4.14. The van der Waals surface area contributed by atoms with Crippen LogP contribution in [0.4, 0.5) is 0 Å². The fraction of sp³-hybridized carbons (Fsp3) is 1.00. The van der Waals surface area contributed by atoms with E-state index < -0.39 is 0 Å². The summed E-state index contributed by atoms with van der Waals surface area (Å²) in [6.07, 6.45) is 18.1. The average molecular weight is 335 g/mol. The van der Waals surface area contributed by atoms with Gasteiger partial charge in [0.1, 0.15) is 0 Å². The van der Waals surface area contributed by atoms with Crippen molar-refractivity contribution in [2.45, 2.75) is 90.4 Å². The Balaban J connectivity index is 2.91. The third-order valence-electron chi connectivity index (χ3n) is 3.99. The molecule has 0 radical (unpaired) electrons. The Kier molecular flexibility index (Phi) is 21.4. The number of hydrogen-bond acceptors (Lipinski definition) is 2. The van der Waals surface area contributed by atoms with Gasteiger partial charge in [-0.2, -0.15) is 0 Å². The number of halogens is 1. The van der Waals surface area contributed by atoms with E-state index in [1.54, 1.807) is 0 Å². The van der Waals surface area contributed by atoms with Gasteiger partial charge >= 0.3 is 0 Å². The highest BCUT2D eigenvalue weighted by atomic mass is 35.5. The molecule has 3 heteroatoms. The Morgan fingerprint density at radius 3 is 1.36 bits per heavy atom. The van der Waals surface area contributed by atoms with Crippen LogP contribution in [0, 0.1) is 0 Å². The predicted molar refractivity (Wildman–Crippen MR) is 98.1 cm³/mol. The maximum Gasteiger partial charge on any atom is 0.0701 e. The second-order valence-corrected chi connectivity index (χ2v) is 6.53. The lowest BCUT2D eigenvalue weighted by molar-refractivity contribution is 0.0519. The van der Waals surface area contributed by atoms with Crippen molar-refractivity contribution >= 4 is 11.6 Å². The molecule has 0 aliphatic heterocycles. The van der Waals surface area contributed by atoms with Crippen molar-refractivity contribution in [3.63, 3.8) is 0 Å². The molecule has 0 aromatic rings. The van der Waals surface area contributed by atoms with E-state index in [1.165, 1.54) is 83.5 Å². The standard InChI is InChI=1S/C19H39ClO2/c1-2-3-4-5-6-7-8-9-10-11-12-13-14-16-21-18-19-22-17-15-20/h2-19H2,1H3. The first kappa shape index (κ1) is 22.2. The summed E-state index contributed by atoms with van der Waals surface area (Å²) in [6, 6.07) is 0. The Labute approximate surface area is 144 Å². The average Bonchev–Trinajstić information content (AvgIpc) is 2.54. The molecule has 0 saturated carbocycles. The van der Waals surface area contributed by atoms with Crippen LogP contribution in [0.1, 0.15) is 90.4 Å². The van der Waals surface area contributed by atoms with Crippen LogP contribution in [0.2, 0.25) is 0 Å². The summed E-state index contributed by atoms with van der Waals surface area (Å²) in [6.45, 7) is 5.16. The van der Waals surface area contributed by atoms with Gasteiger partial charge in [-0.1, -0.05) is 84.0 Å². The highest BCUT2D eigenvalue weighted by Gasteiger charge is 1.94. The van der Waals surface area contributed by atoms with Gasteiger partial charge in [0.2, 0.25) is 0 Å². The van der Waals surface area contributed by atoms with Gasteiger partial charge in [0.15, 0.2) is 0 Å². The molecule has 22 heavy (non-hydrogen) atoms. The minimum Gasteiger partial charge on any atom is -0.379 e. The molecular formula is C19H39ClO2. The molecule has 0 bridgehead atoms. The molecule has 0 fully saturated rings. The SMILES string of the molecule is CCCCCCCCCCCCCCCOCCOCCCl. The number of alkyl halides is 1. The largest absolute Gasteiger partial charge is 0.379 e. The number of rotatable bonds is 19. The maximum atomic E-state index is 5.51. The van der Waals surface area contributed by atoms with Crippen molar-refractivity contribution in [2.75, 3.05) is 32.3 Å². The first-order valence-electron chi connectivity index (χ1n) is 9.63. The van der Waals surface area contributed by atoms with Crippen molar-refractivity contribution in [3.05, 3.63) is 0 Å². The summed E-state index contributed by atoms with van der Waals surface area (Å²) in [4.78, 5) is 0. The van der Waals surface area contributed by atoms with Crippen LogP contribution in [0.15, 0.2) is 0 Å². The highest BCUT2D eigenvalue weighted by Crippen LogP contribution is 2.12. The summed E-state index contributed by atoms with van der Waals surface area (Å²) in [5.74, 6) is 0.568. The molecule has 0 aromatic carbocycles. The molecule has 0 heterocycles. The van der Waals surface area contributed by atoms with Crippen molar-refractivity contribution in [1.82, 2.24) is 0 Å². The molecule has 0 N–H and O–H groups in total. The van der Waals surface area contributed by atoms with Gasteiger partial charge in [0, 0.05) is 12.5 Å². The van der Waals surface area contributed by atoms with Crippen molar-refractivity contribution in [2.24, 2.45) is 0 Å². The molecule has 2 nitrogen and oxygen atoms in total. The maximum absolute atomic E-state index is 5.51. The second kappa shape index (κ2) is 21.2. The summed E-state index contributed by atoms with van der Waals surface area (Å²) in [7, 11) is 0. The number of ether oxygens (including phenoxy) is 2. The minimum absolute atomic E-state index is 0.568. The van der Waals surface area contributed by atoms with E-state index in [0.717, 1.165) is 6.61 Å². The first-order chi connectivity index (χ1) is 10.9. The van der Waals surface area contributed by atoms with Gasteiger partial charge in [-0.05, 0) is 6.42 Å². The second-order valence-electron chi connectivity index (χ2n) is 6.16. The smallest absolute Gasteiger partial charge is 0.0701 e. The summed E-state index contributed by atoms with van der Waals surface area (Å²) in [5, 5.41) is 0. The Morgan fingerprint density at radius 2 is 0.909 bits per heavy atom. The lowest BCUT2D eigenvalue weighted by Gasteiger charge is -2.05. The van der Waals surface area contributed by atoms with Gasteiger partial charge in [-0.15, -0.1) is 11.6 Å². The molecule has 0 aliphatic carbocycles. The van der Waals surface area contributed by atoms with E-state index >= 15 is 0 Å². The van der Waals surface area contributed by atoms with E-state index in [2.05, 4.69) is 6.92 Å². The van der Waals surface area contributed by atoms with Crippen LogP contribution < -0.4 is 0 Å². The summed E-state index contributed by atoms with van der Waals surface area (Å²) in [5.41, 5.74) is 0. The van der Waals surface area contributed by atoms with Crippen molar-refractivity contribution in [1.29, 1.82) is 0 Å². The Morgan fingerprint density at radius 1 is 0.500 bits per heavy atom. The van der Waals surface area contributed by atoms with Crippen LogP contribution in [0.25, 0.3) is 0 Å². The Hall–Kier alpha value is 0.210. The highest BCUT2D eigenvalue weighted by molar-refractivity contribution is 6.17. The molecule has 0 atom stereocenters. The molecule has 0 saturated heterocycles. The van der Waals surface area contributed by atoms with Crippen LogP contribution in [-0.2, 0) is 9.47 Å². The molecule has 0 rings (SSSR count). The molecule has 0 spiro atoms. The van der Waals surface area contributed by atoms with E-state index in [0.29, 0.717) is 25.7 Å². The molecule has 0 aromatic heterocycles. The first-order valence-corrected chi connectivity index (χ1v) is 10.2. The molecular weight excluding hydrogens is 296 g/mol. The zero-order chi connectivity index (χ0) is 16.1. The molecule has 0 unspecified atom stereocenters. The van der Waals surface area contributed by atoms with Gasteiger partial charge in [-0.25, -0.2) is 0 Å². The van der Waals surface area contributed by atoms with E-state index in [1.807, 2.05) is 0 Å². The van der Waals surface area contributed by atoms with Crippen LogP contribution in [0.5, 0.6) is 0 Å². The quantitative estimate of drug-likeness (QED) is 0.202. The topological polar surface area (TPSA) is 18.5 Å². The molecule has 0 aliphatic rings. The zero-order valence-electron chi connectivity index (χ0n) is 14.9. The molecule has 0 amide bonds. The zero-order valence-corrected chi connectivity index (χ0v) is 15.7.